The largest absolute Gasteiger partial charge is 0.368 e. The van der Waals surface area contributed by atoms with E-state index in [1.54, 1.807) is 0 Å². The third-order valence-corrected chi connectivity index (χ3v) is 1.83. The van der Waals surface area contributed by atoms with E-state index in [4.69, 9.17) is 11.5 Å². The van der Waals surface area contributed by atoms with E-state index in [1.807, 2.05) is 13.8 Å². The number of carbonyl (C=O) groups excluding carboxylic acids is 2. The van der Waals surface area contributed by atoms with Crippen LogP contribution in [0, 0.1) is 11.8 Å². The van der Waals surface area contributed by atoms with Gasteiger partial charge in [0.25, 0.3) is 0 Å². The van der Waals surface area contributed by atoms with Gasteiger partial charge in [0, 0.05) is 6.54 Å². The monoisotopic (exact) mass is 187 g/mol. The topological polar surface area (TPSA) is 98.2 Å². The van der Waals surface area contributed by atoms with Crippen LogP contribution < -0.4 is 16.8 Å². The highest BCUT2D eigenvalue weighted by atomic mass is 16.2. The Bertz CT molecular complexity index is 192. The van der Waals surface area contributed by atoms with Crippen LogP contribution in [-0.2, 0) is 9.59 Å². The van der Waals surface area contributed by atoms with Gasteiger partial charge in [-0.15, -0.1) is 0 Å². The van der Waals surface area contributed by atoms with Gasteiger partial charge < -0.3 is 16.8 Å². The average Bonchev–Trinajstić information content (AvgIpc) is 2.01. The Hall–Kier alpha value is -1.10. The first-order valence-corrected chi connectivity index (χ1v) is 4.25. The minimum Gasteiger partial charge on any atom is -0.368 e. The summed E-state index contributed by atoms with van der Waals surface area (Å²) in [5.41, 5.74) is 10.3. The van der Waals surface area contributed by atoms with E-state index in [-0.39, 0.29) is 30.8 Å². The first-order valence-electron chi connectivity index (χ1n) is 4.25. The van der Waals surface area contributed by atoms with E-state index in [0.717, 1.165) is 0 Å². The van der Waals surface area contributed by atoms with Crippen molar-refractivity contribution >= 4 is 11.8 Å². The van der Waals surface area contributed by atoms with Crippen LogP contribution in [0.2, 0.25) is 0 Å². The second kappa shape index (κ2) is 5.53. The quantitative estimate of drug-likeness (QED) is 0.505. The lowest BCUT2D eigenvalue weighted by atomic mass is 9.95. The highest BCUT2D eigenvalue weighted by Crippen LogP contribution is 2.08. The third kappa shape index (κ3) is 4.47. The Labute approximate surface area is 77.8 Å². The van der Waals surface area contributed by atoms with Gasteiger partial charge in [0.2, 0.25) is 11.8 Å². The van der Waals surface area contributed by atoms with Gasteiger partial charge >= 0.3 is 0 Å². The smallest absolute Gasteiger partial charge is 0.236 e. The lowest BCUT2D eigenvalue weighted by molar-refractivity contribution is -0.128. The average molecular weight is 187 g/mol. The number of rotatable bonds is 5. The summed E-state index contributed by atoms with van der Waals surface area (Å²) in [4.78, 5) is 21.7. The van der Waals surface area contributed by atoms with Crippen LogP contribution in [0.3, 0.4) is 0 Å². The molecule has 0 aliphatic carbocycles. The molecular formula is C8H17N3O2. The van der Waals surface area contributed by atoms with Gasteiger partial charge in [0.05, 0.1) is 12.5 Å². The fraction of sp³-hybridized carbons (Fsp3) is 0.750. The van der Waals surface area contributed by atoms with Crippen LogP contribution >= 0.6 is 0 Å². The summed E-state index contributed by atoms with van der Waals surface area (Å²) in [6.07, 6.45) is 0. The lowest BCUT2D eigenvalue weighted by Crippen LogP contribution is -2.41. The Morgan fingerprint density at radius 3 is 2.23 bits per heavy atom. The molecule has 0 aromatic carbocycles. The number of nitrogens with two attached hydrogens (primary N) is 2. The first kappa shape index (κ1) is 11.9. The van der Waals surface area contributed by atoms with Gasteiger partial charge in [0.15, 0.2) is 0 Å². The van der Waals surface area contributed by atoms with E-state index < -0.39 is 5.91 Å². The molecule has 0 aromatic heterocycles. The number of carbonyl (C=O) groups is 2. The molecule has 0 aliphatic rings. The van der Waals surface area contributed by atoms with Crippen LogP contribution in [0.25, 0.3) is 0 Å². The summed E-state index contributed by atoms with van der Waals surface area (Å²) in [6, 6.07) is 0. The SMILES string of the molecule is CC(C)C(CN)C(=O)NCC(N)=O. The van der Waals surface area contributed by atoms with E-state index in [1.165, 1.54) is 0 Å². The van der Waals surface area contributed by atoms with Gasteiger partial charge in [-0.3, -0.25) is 9.59 Å². The zero-order chi connectivity index (χ0) is 10.4. The van der Waals surface area contributed by atoms with Crippen LogP contribution in [0.5, 0.6) is 0 Å². The van der Waals surface area contributed by atoms with Gasteiger partial charge in [-0.25, -0.2) is 0 Å². The molecule has 0 radical (unpaired) electrons. The molecule has 5 N–H and O–H groups in total. The molecule has 2 amide bonds. The fourth-order valence-corrected chi connectivity index (χ4v) is 0.987. The van der Waals surface area contributed by atoms with E-state index >= 15 is 0 Å². The molecule has 0 bridgehead atoms. The molecule has 0 aliphatic heterocycles. The molecule has 0 saturated heterocycles. The summed E-state index contributed by atoms with van der Waals surface area (Å²) < 4.78 is 0. The molecule has 1 atom stereocenters. The molecular weight excluding hydrogens is 170 g/mol. The van der Waals surface area contributed by atoms with Gasteiger partial charge in [-0.05, 0) is 5.92 Å². The fourth-order valence-electron chi connectivity index (χ4n) is 0.987. The molecule has 0 spiro atoms. The van der Waals surface area contributed by atoms with Crippen LogP contribution in [0.1, 0.15) is 13.8 Å². The maximum Gasteiger partial charge on any atom is 0.236 e. The molecule has 0 rings (SSSR count). The zero-order valence-corrected chi connectivity index (χ0v) is 8.04. The van der Waals surface area contributed by atoms with Crippen molar-refractivity contribution in [2.45, 2.75) is 13.8 Å². The molecule has 5 heteroatoms. The van der Waals surface area contributed by atoms with E-state index in [9.17, 15) is 9.59 Å². The Morgan fingerprint density at radius 2 is 1.92 bits per heavy atom. The minimum absolute atomic E-state index is 0.123. The highest BCUT2D eigenvalue weighted by Gasteiger charge is 2.20. The van der Waals surface area contributed by atoms with Crippen molar-refractivity contribution in [3.8, 4) is 0 Å². The molecule has 0 fully saturated rings. The van der Waals surface area contributed by atoms with Gasteiger partial charge in [0.1, 0.15) is 0 Å². The summed E-state index contributed by atoms with van der Waals surface area (Å²) in [7, 11) is 0. The molecule has 13 heavy (non-hydrogen) atoms. The molecule has 76 valence electrons. The Kier molecular flexibility index (Phi) is 5.06. The predicted octanol–water partition coefficient (Wildman–Crippen LogP) is -1.18. The molecule has 0 saturated carbocycles. The molecule has 0 heterocycles. The van der Waals surface area contributed by atoms with Crippen LogP contribution in [0.4, 0.5) is 0 Å². The predicted molar refractivity (Wildman–Crippen MR) is 49.6 cm³/mol. The summed E-state index contributed by atoms with van der Waals surface area (Å²) in [5, 5.41) is 2.42. The number of hydrogen-bond donors (Lipinski definition) is 3. The maximum atomic E-state index is 11.3. The molecule has 1 unspecified atom stereocenters. The number of primary amides is 1. The molecule has 0 aromatic rings. The lowest BCUT2D eigenvalue weighted by Gasteiger charge is -2.17. The Morgan fingerprint density at radius 1 is 1.38 bits per heavy atom. The van der Waals surface area contributed by atoms with Crippen LogP contribution in [-0.4, -0.2) is 24.9 Å². The number of hydrogen-bond acceptors (Lipinski definition) is 3. The summed E-state index contributed by atoms with van der Waals surface area (Å²) in [5.74, 6) is -0.846. The maximum absolute atomic E-state index is 11.3. The first-order chi connectivity index (χ1) is 5.99. The summed E-state index contributed by atoms with van der Waals surface area (Å²) >= 11 is 0. The third-order valence-electron chi connectivity index (χ3n) is 1.83. The Balaban J connectivity index is 3.99. The number of nitrogens with one attached hydrogen (secondary N) is 1. The standard InChI is InChI=1S/C8H17N3O2/c1-5(2)6(3-9)8(13)11-4-7(10)12/h5-6H,3-4,9H2,1-2H3,(H2,10,12)(H,11,13). The van der Waals surface area contributed by atoms with Crippen molar-refractivity contribution in [2.24, 2.45) is 23.3 Å². The van der Waals surface area contributed by atoms with E-state index in [0.29, 0.717) is 0 Å². The normalized spacial score (nSPS) is 12.6. The second-order valence-corrected chi connectivity index (χ2v) is 3.27. The minimum atomic E-state index is -0.548. The number of amides is 2. The van der Waals surface area contributed by atoms with Crippen molar-refractivity contribution < 1.29 is 9.59 Å². The molecule has 5 nitrogen and oxygen atoms in total. The van der Waals surface area contributed by atoms with Crippen molar-refractivity contribution in [1.29, 1.82) is 0 Å². The van der Waals surface area contributed by atoms with Crippen molar-refractivity contribution in [2.75, 3.05) is 13.1 Å². The van der Waals surface area contributed by atoms with Gasteiger partial charge in [-0.2, -0.15) is 0 Å². The van der Waals surface area contributed by atoms with Crippen molar-refractivity contribution in [1.82, 2.24) is 5.32 Å². The second-order valence-electron chi connectivity index (χ2n) is 3.27. The van der Waals surface area contributed by atoms with E-state index in [2.05, 4.69) is 5.32 Å². The van der Waals surface area contributed by atoms with Gasteiger partial charge in [-0.1, -0.05) is 13.8 Å². The summed E-state index contributed by atoms with van der Waals surface area (Å²) in [6.45, 7) is 3.97. The van der Waals surface area contributed by atoms with Crippen molar-refractivity contribution in [3.05, 3.63) is 0 Å². The zero-order valence-electron chi connectivity index (χ0n) is 8.04. The van der Waals surface area contributed by atoms with Crippen molar-refractivity contribution in [3.63, 3.8) is 0 Å². The van der Waals surface area contributed by atoms with Crippen LogP contribution in [0.15, 0.2) is 0 Å². The highest BCUT2D eigenvalue weighted by molar-refractivity contribution is 5.85.